The lowest BCUT2D eigenvalue weighted by atomic mass is 10.4. The number of ether oxygens (including phenoxy) is 1. The Hall–Kier alpha value is -1.89. The molecule has 0 aliphatic rings. The van der Waals surface area contributed by atoms with Crippen molar-refractivity contribution in [1.29, 1.82) is 0 Å². The van der Waals surface area contributed by atoms with Crippen LogP contribution in [-0.4, -0.2) is 27.1 Å². The molecular formula is C12H16N4O2S. The molecule has 0 atom stereocenters. The average molecular weight is 280 g/mol. The van der Waals surface area contributed by atoms with Gasteiger partial charge in [0.05, 0.1) is 19.5 Å². The third kappa shape index (κ3) is 2.93. The summed E-state index contributed by atoms with van der Waals surface area (Å²) in [6.07, 6.45) is 4.36. The van der Waals surface area contributed by atoms with E-state index in [2.05, 4.69) is 16.9 Å². The minimum absolute atomic E-state index is 0.161. The van der Waals surface area contributed by atoms with Gasteiger partial charge in [-0.25, -0.2) is 14.8 Å². The van der Waals surface area contributed by atoms with E-state index in [9.17, 15) is 4.79 Å². The molecule has 0 fully saturated rings. The number of carbonyl (C=O) groups excluding carboxylic acids is 1. The van der Waals surface area contributed by atoms with Crippen LogP contribution in [0.3, 0.4) is 0 Å². The fraction of sp³-hybridized carbons (Fsp3) is 0.417. The number of nitrogens with two attached hydrogens (primary N) is 1. The number of anilines is 1. The third-order valence-electron chi connectivity index (χ3n) is 2.60. The number of hydrogen-bond acceptors (Lipinski definition) is 6. The van der Waals surface area contributed by atoms with Crippen molar-refractivity contribution < 1.29 is 9.53 Å². The number of nitrogens with zero attached hydrogens (tertiary/aromatic N) is 3. The second-order valence-corrected chi connectivity index (χ2v) is 5.10. The first kappa shape index (κ1) is 13.5. The topological polar surface area (TPSA) is 83.0 Å². The van der Waals surface area contributed by atoms with Crippen molar-refractivity contribution in [3.8, 4) is 0 Å². The highest BCUT2D eigenvalue weighted by Crippen LogP contribution is 2.18. The van der Waals surface area contributed by atoms with E-state index < -0.39 is 5.97 Å². The molecule has 0 radical (unpaired) electrons. The van der Waals surface area contributed by atoms with E-state index >= 15 is 0 Å². The lowest BCUT2D eigenvalue weighted by molar-refractivity contribution is 0.0521. The summed E-state index contributed by atoms with van der Waals surface area (Å²) < 4.78 is 6.58. The van der Waals surface area contributed by atoms with Crippen LogP contribution in [0.5, 0.6) is 0 Å². The Morgan fingerprint density at radius 3 is 2.89 bits per heavy atom. The van der Waals surface area contributed by atoms with Crippen molar-refractivity contribution in [2.45, 2.75) is 26.8 Å². The van der Waals surface area contributed by atoms with E-state index in [0.717, 1.165) is 11.4 Å². The summed E-state index contributed by atoms with van der Waals surface area (Å²) in [5.74, 6) is -0.182. The van der Waals surface area contributed by atoms with Crippen molar-refractivity contribution in [3.05, 3.63) is 28.1 Å². The number of aromatic nitrogens is 3. The average Bonchev–Trinajstić information content (AvgIpc) is 2.98. The molecule has 0 spiro atoms. The first-order chi connectivity index (χ1) is 9.15. The molecule has 2 aromatic heterocycles. The Kier molecular flexibility index (Phi) is 4.16. The van der Waals surface area contributed by atoms with Crippen LogP contribution in [0.25, 0.3) is 0 Å². The van der Waals surface area contributed by atoms with Gasteiger partial charge in [0.25, 0.3) is 0 Å². The predicted molar refractivity (Wildman–Crippen MR) is 73.2 cm³/mol. The molecule has 2 rings (SSSR count). The van der Waals surface area contributed by atoms with E-state index in [4.69, 9.17) is 10.5 Å². The zero-order valence-electron chi connectivity index (χ0n) is 10.9. The molecule has 2 heterocycles. The smallest absolute Gasteiger partial charge is 0.360 e. The Balaban J connectivity index is 2.15. The number of hydrogen-bond donors (Lipinski definition) is 1. The Labute approximate surface area is 115 Å². The van der Waals surface area contributed by atoms with Crippen LogP contribution in [0.4, 0.5) is 5.82 Å². The first-order valence-electron chi connectivity index (χ1n) is 6.07. The zero-order chi connectivity index (χ0) is 13.8. The summed E-state index contributed by atoms with van der Waals surface area (Å²) in [7, 11) is 0. The summed E-state index contributed by atoms with van der Waals surface area (Å²) in [6.45, 7) is 4.65. The number of thiazole rings is 1. The summed E-state index contributed by atoms with van der Waals surface area (Å²) in [5.41, 5.74) is 6.06. The van der Waals surface area contributed by atoms with Crippen LogP contribution in [0, 0.1) is 0 Å². The molecule has 7 heteroatoms. The molecule has 0 aliphatic carbocycles. The fourth-order valence-corrected chi connectivity index (χ4v) is 2.47. The quantitative estimate of drug-likeness (QED) is 0.843. The van der Waals surface area contributed by atoms with Crippen molar-refractivity contribution in [3.63, 3.8) is 0 Å². The minimum atomic E-state index is -0.493. The molecule has 2 aromatic rings. The van der Waals surface area contributed by atoms with Crippen LogP contribution in [0.15, 0.2) is 12.5 Å². The monoisotopic (exact) mass is 280 g/mol. The van der Waals surface area contributed by atoms with Gasteiger partial charge in [-0.15, -0.1) is 11.3 Å². The van der Waals surface area contributed by atoms with Crippen LogP contribution in [0.1, 0.15) is 34.2 Å². The van der Waals surface area contributed by atoms with Crippen molar-refractivity contribution in [1.82, 2.24) is 14.5 Å². The number of esters is 1. The van der Waals surface area contributed by atoms with E-state index in [1.54, 1.807) is 22.8 Å². The number of imidazole rings is 1. The van der Waals surface area contributed by atoms with Gasteiger partial charge in [0, 0.05) is 11.1 Å². The molecule has 6 nitrogen and oxygen atoms in total. The lowest BCUT2D eigenvalue weighted by Crippen LogP contribution is -2.10. The van der Waals surface area contributed by atoms with Gasteiger partial charge in [0.2, 0.25) is 0 Å². The van der Waals surface area contributed by atoms with Crippen LogP contribution >= 0.6 is 11.3 Å². The third-order valence-corrected chi connectivity index (χ3v) is 3.73. The zero-order valence-corrected chi connectivity index (χ0v) is 11.7. The summed E-state index contributed by atoms with van der Waals surface area (Å²) in [5, 5.41) is 0.941. The van der Waals surface area contributed by atoms with Crippen LogP contribution in [-0.2, 0) is 17.7 Å². The Morgan fingerprint density at radius 2 is 2.26 bits per heavy atom. The van der Waals surface area contributed by atoms with Crippen LogP contribution < -0.4 is 5.73 Å². The molecule has 0 amide bonds. The van der Waals surface area contributed by atoms with Gasteiger partial charge in [-0.05, 0) is 13.3 Å². The maximum absolute atomic E-state index is 11.6. The Morgan fingerprint density at radius 1 is 1.47 bits per heavy atom. The molecule has 2 N–H and O–H groups in total. The molecule has 0 saturated carbocycles. The molecule has 0 aromatic carbocycles. The molecule has 102 valence electrons. The summed E-state index contributed by atoms with van der Waals surface area (Å²) >= 11 is 1.63. The van der Waals surface area contributed by atoms with E-state index in [-0.39, 0.29) is 5.69 Å². The highest BCUT2D eigenvalue weighted by Gasteiger charge is 2.17. The number of nitrogen functional groups attached to an aromatic ring is 1. The maximum Gasteiger partial charge on any atom is 0.360 e. The minimum Gasteiger partial charge on any atom is -0.461 e. The maximum atomic E-state index is 11.6. The molecule has 0 unspecified atom stereocenters. The molecule has 19 heavy (non-hydrogen) atoms. The second kappa shape index (κ2) is 5.83. The van der Waals surface area contributed by atoms with Crippen molar-refractivity contribution in [2.75, 3.05) is 12.3 Å². The predicted octanol–water partition coefficient (Wildman–Crippen LogP) is 1.71. The largest absolute Gasteiger partial charge is 0.461 e. The van der Waals surface area contributed by atoms with Crippen molar-refractivity contribution in [2.24, 2.45) is 0 Å². The molecule has 0 saturated heterocycles. The van der Waals surface area contributed by atoms with Gasteiger partial charge < -0.3 is 15.0 Å². The first-order valence-corrected chi connectivity index (χ1v) is 6.88. The fourth-order valence-electron chi connectivity index (χ4n) is 1.60. The van der Waals surface area contributed by atoms with E-state index in [1.807, 2.05) is 6.20 Å². The van der Waals surface area contributed by atoms with Gasteiger partial charge >= 0.3 is 5.97 Å². The summed E-state index contributed by atoms with van der Waals surface area (Å²) in [4.78, 5) is 21.1. The van der Waals surface area contributed by atoms with Gasteiger partial charge in [-0.3, -0.25) is 0 Å². The van der Waals surface area contributed by atoms with Gasteiger partial charge in [0.1, 0.15) is 10.8 Å². The van der Waals surface area contributed by atoms with Crippen molar-refractivity contribution >= 4 is 23.1 Å². The molecular weight excluding hydrogens is 264 g/mol. The number of aryl methyl sites for hydroxylation is 1. The SMILES string of the molecule is CCOC(=O)c1ncn(Cc2ncc(CC)s2)c1N. The standard InChI is InChI=1S/C12H16N4O2S/c1-3-8-5-14-9(19-8)6-16-7-15-10(11(16)13)12(17)18-4-2/h5,7H,3-4,6,13H2,1-2H3. The van der Waals surface area contributed by atoms with E-state index in [1.165, 1.54) is 11.2 Å². The Bertz CT molecular complexity index is 576. The normalized spacial score (nSPS) is 10.6. The van der Waals surface area contributed by atoms with Crippen LogP contribution in [0.2, 0.25) is 0 Å². The van der Waals surface area contributed by atoms with Gasteiger partial charge in [-0.1, -0.05) is 6.92 Å². The molecule has 0 aliphatic heterocycles. The highest BCUT2D eigenvalue weighted by molar-refractivity contribution is 7.11. The lowest BCUT2D eigenvalue weighted by Gasteiger charge is -2.03. The molecule has 0 bridgehead atoms. The number of rotatable bonds is 5. The highest BCUT2D eigenvalue weighted by atomic mass is 32.1. The number of carbonyl (C=O) groups is 1. The van der Waals surface area contributed by atoms with E-state index in [0.29, 0.717) is 19.0 Å². The van der Waals surface area contributed by atoms with Gasteiger partial charge in [-0.2, -0.15) is 0 Å². The van der Waals surface area contributed by atoms with Gasteiger partial charge in [0.15, 0.2) is 5.69 Å². The second-order valence-electron chi connectivity index (χ2n) is 3.90. The summed E-state index contributed by atoms with van der Waals surface area (Å²) in [6, 6.07) is 0.